The van der Waals surface area contributed by atoms with Gasteiger partial charge in [0.05, 0.1) is 17.4 Å². The third-order valence-corrected chi connectivity index (χ3v) is 4.83. The van der Waals surface area contributed by atoms with Crippen LogP contribution in [0.1, 0.15) is 30.0 Å². The lowest BCUT2D eigenvalue weighted by molar-refractivity contribution is 0.561. The third kappa shape index (κ3) is 2.72. The number of thiophene rings is 1. The molecule has 0 spiro atoms. The van der Waals surface area contributed by atoms with Crippen LogP contribution in [0.4, 0.5) is 5.69 Å². The number of nitrogens with zero attached hydrogens (tertiary/aromatic N) is 2. The van der Waals surface area contributed by atoms with Crippen molar-refractivity contribution in [3.63, 3.8) is 0 Å². The van der Waals surface area contributed by atoms with E-state index in [-0.39, 0.29) is 0 Å². The van der Waals surface area contributed by atoms with Crippen LogP contribution in [-0.4, -0.2) is 24.6 Å². The van der Waals surface area contributed by atoms with Crippen LogP contribution in [0.25, 0.3) is 0 Å². The molecule has 1 unspecified atom stereocenters. The number of pyridine rings is 1. The van der Waals surface area contributed by atoms with Crippen LogP contribution in [-0.2, 0) is 6.42 Å². The van der Waals surface area contributed by atoms with Gasteiger partial charge in [0.25, 0.3) is 0 Å². The van der Waals surface area contributed by atoms with Crippen LogP contribution in [0, 0.1) is 0 Å². The Labute approximate surface area is 124 Å². The zero-order valence-corrected chi connectivity index (χ0v) is 12.7. The Bertz CT molecular complexity index is 538. The number of anilines is 1. The van der Waals surface area contributed by atoms with E-state index in [1.54, 1.807) is 0 Å². The minimum absolute atomic E-state index is 0.472. The van der Waals surface area contributed by atoms with E-state index in [1.807, 2.05) is 23.6 Å². The molecular formula is C16H21N3S. The van der Waals surface area contributed by atoms with E-state index in [0.717, 1.165) is 32.5 Å². The van der Waals surface area contributed by atoms with E-state index in [2.05, 4.69) is 45.7 Å². The molecule has 4 heteroatoms. The summed E-state index contributed by atoms with van der Waals surface area (Å²) in [6.45, 7) is 5.34. The fourth-order valence-corrected chi connectivity index (χ4v) is 3.78. The molecule has 0 radical (unpaired) electrons. The molecular weight excluding hydrogens is 266 g/mol. The van der Waals surface area contributed by atoms with Gasteiger partial charge in [-0.2, -0.15) is 0 Å². The van der Waals surface area contributed by atoms with Crippen molar-refractivity contribution >= 4 is 17.0 Å². The Hall–Kier alpha value is -1.39. The van der Waals surface area contributed by atoms with Gasteiger partial charge in [-0.15, -0.1) is 11.3 Å². The number of hydrogen-bond donors (Lipinski definition) is 1. The van der Waals surface area contributed by atoms with Crippen LogP contribution in [0.3, 0.4) is 0 Å². The van der Waals surface area contributed by atoms with Crippen LogP contribution in [0.2, 0.25) is 0 Å². The van der Waals surface area contributed by atoms with Crippen LogP contribution in [0.5, 0.6) is 0 Å². The molecule has 2 aromatic rings. The molecule has 1 aliphatic rings. The summed E-state index contributed by atoms with van der Waals surface area (Å²) in [6.07, 6.45) is 4.11. The average Bonchev–Trinajstić information content (AvgIpc) is 3.14. The molecule has 0 aromatic carbocycles. The van der Waals surface area contributed by atoms with Gasteiger partial charge in [0.1, 0.15) is 0 Å². The number of rotatable bonds is 6. The lowest BCUT2D eigenvalue weighted by Crippen LogP contribution is -2.29. The standard InChI is InChI=1S/C16H21N3S/c1-2-17-10-7-15(16-6-4-12-20-16)19-11-8-13-14(19)5-3-9-18-13/h3-6,9,12,15,17H,2,7-8,10-11H2,1H3. The second-order valence-electron chi connectivity index (χ2n) is 5.09. The van der Waals surface area contributed by atoms with Gasteiger partial charge in [0.2, 0.25) is 0 Å². The molecule has 0 aliphatic carbocycles. The first-order valence-corrected chi connectivity index (χ1v) is 8.22. The molecule has 0 amide bonds. The summed E-state index contributed by atoms with van der Waals surface area (Å²) in [5.41, 5.74) is 2.57. The largest absolute Gasteiger partial charge is 0.362 e. The van der Waals surface area contributed by atoms with Crippen molar-refractivity contribution in [2.24, 2.45) is 0 Å². The van der Waals surface area contributed by atoms with Gasteiger partial charge in [-0.3, -0.25) is 4.98 Å². The highest BCUT2D eigenvalue weighted by Gasteiger charge is 2.27. The fraction of sp³-hybridized carbons (Fsp3) is 0.438. The average molecular weight is 287 g/mol. The predicted octanol–water partition coefficient (Wildman–Crippen LogP) is 3.25. The van der Waals surface area contributed by atoms with Crippen LogP contribution >= 0.6 is 11.3 Å². The summed E-state index contributed by atoms with van der Waals surface area (Å²) in [7, 11) is 0. The molecule has 1 N–H and O–H groups in total. The van der Waals surface area contributed by atoms with Gasteiger partial charge in [0, 0.05) is 24.0 Å². The predicted molar refractivity (Wildman–Crippen MR) is 85.5 cm³/mol. The number of hydrogen-bond acceptors (Lipinski definition) is 4. The van der Waals surface area contributed by atoms with Gasteiger partial charge in [-0.05, 0) is 43.1 Å². The Morgan fingerprint density at radius 3 is 3.15 bits per heavy atom. The van der Waals surface area contributed by atoms with E-state index in [0.29, 0.717) is 6.04 Å². The molecule has 3 heterocycles. The minimum atomic E-state index is 0.472. The lowest BCUT2D eigenvalue weighted by atomic mass is 10.1. The van der Waals surface area contributed by atoms with Gasteiger partial charge in [-0.25, -0.2) is 0 Å². The molecule has 3 rings (SSSR count). The first-order chi connectivity index (χ1) is 9.90. The van der Waals surface area contributed by atoms with Gasteiger partial charge >= 0.3 is 0 Å². The van der Waals surface area contributed by atoms with Gasteiger partial charge < -0.3 is 10.2 Å². The Balaban J connectivity index is 1.83. The SMILES string of the molecule is CCNCCC(c1cccs1)N1CCc2ncccc21. The minimum Gasteiger partial charge on any atom is -0.362 e. The topological polar surface area (TPSA) is 28.2 Å². The number of fused-ring (bicyclic) bond motifs is 1. The van der Waals surface area contributed by atoms with Crippen LogP contribution < -0.4 is 10.2 Å². The summed E-state index contributed by atoms with van der Waals surface area (Å²) in [4.78, 5) is 8.51. The summed E-state index contributed by atoms with van der Waals surface area (Å²) in [5, 5.41) is 5.63. The Kier molecular flexibility index (Phi) is 4.33. The molecule has 2 aromatic heterocycles. The summed E-state index contributed by atoms with van der Waals surface area (Å²) in [5.74, 6) is 0. The van der Waals surface area contributed by atoms with Crippen molar-refractivity contribution in [2.45, 2.75) is 25.8 Å². The summed E-state index contributed by atoms with van der Waals surface area (Å²) < 4.78 is 0. The second-order valence-corrected chi connectivity index (χ2v) is 6.07. The van der Waals surface area contributed by atoms with Crippen molar-refractivity contribution < 1.29 is 0 Å². The van der Waals surface area contributed by atoms with E-state index in [9.17, 15) is 0 Å². The van der Waals surface area contributed by atoms with Crippen LogP contribution in [0.15, 0.2) is 35.8 Å². The number of aromatic nitrogens is 1. The third-order valence-electron chi connectivity index (χ3n) is 3.86. The molecule has 106 valence electrons. The second kappa shape index (κ2) is 6.37. The van der Waals surface area contributed by atoms with Crippen molar-refractivity contribution in [1.82, 2.24) is 10.3 Å². The van der Waals surface area contributed by atoms with Crippen molar-refractivity contribution in [2.75, 3.05) is 24.5 Å². The zero-order chi connectivity index (χ0) is 13.8. The highest BCUT2D eigenvalue weighted by molar-refractivity contribution is 7.10. The molecule has 1 atom stereocenters. The molecule has 0 saturated heterocycles. The van der Waals surface area contributed by atoms with E-state index in [1.165, 1.54) is 16.3 Å². The normalized spacial score (nSPS) is 15.3. The zero-order valence-electron chi connectivity index (χ0n) is 11.9. The maximum Gasteiger partial charge on any atom is 0.0654 e. The molecule has 3 nitrogen and oxygen atoms in total. The molecule has 1 aliphatic heterocycles. The smallest absolute Gasteiger partial charge is 0.0654 e. The highest BCUT2D eigenvalue weighted by atomic mass is 32.1. The molecule has 20 heavy (non-hydrogen) atoms. The summed E-state index contributed by atoms with van der Waals surface area (Å²) in [6, 6.07) is 9.14. The van der Waals surface area contributed by atoms with E-state index in [4.69, 9.17) is 0 Å². The lowest BCUT2D eigenvalue weighted by Gasteiger charge is -2.29. The van der Waals surface area contributed by atoms with Crippen molar-refractivity contribution in [3.05, 3.63) is 46.4 Å². The highest BCUT2D eigenvalue weighted by Crippen LogP contribution is 2.37. The van der Waals surface area contributed by atoms with E-state index >= 15 is 0 Å². The maximum absolute atomic E-state index is 4.52. The van der Waals surface area contributed by atoms with E-state index < -0.39 is 0 Å². The quantitative estimate of drug-likeness (QED) is 0.827. The summed E-state index contributed by atoms with van der Waals surface area (Å²) >= 11 is 1.86. The van der Waals surface area contributed by atoms with Gasteiger partial charge in [0.15, 0.2) is 0 Å². The Morgan fingerprint density at radius 2 is 2.35 bits per heavy atom. The maximum atomic E-state index is 4.52. The molecule has 0 bridgehead atoms. The fourth-order valence-electron chi connectivity index (χ4n) is 2.90. The van der Waals surface area contributed by atoms with Crippen molar-refractivity contribution in [3.8, 4) is 0 Å². The monoisotopic (exact) mass is 287 g/mol. The number of nitrogens with one attached hydrogen (secondary N) is 1. The Morgan fingerprint density at radius 1 is 1.40 bits per heavy atom. The van der Waals surface area contributed by atoms with Gasteiger partial charge in [-0.1, -0.05) is 13.0 Å². The first kappa shape index (κ1) is 13.6. The van der Waals surface area contributed by atoms with Crippen molar-refractivity contribution in [1.29, 1.82) is 0 Å². The first-order valence-electron chi connectivity index (χ1n) is 7.35. The molecule has 0 fully saturated rings. The molecule has 0 saturated carbocycles.